The molecule has 0 N–H and O–H groups in total. The zero-order valence-corrected chi connectivity index (χ0v) is 9.36. The molecule has 0 aliphatic heterocycles. The Labute approximate surface area is 94.2 Å². The van der Waals surface area contributed by atoms with Gasteiger partial charge in [0.25, 0.3) is 0 Å². The van der Waals surface area contributed by atoms with Gasteiger partial charge in [-0.2, -0.15) is 0 Å². The Hall–Kier alpha value is -1.84. The number of carbonyl (C=O) groups excluding carboxylic acids is 2. The van der Waals surface area contributed by atoms with Gasteiger partial charge in [-0.1, -0.05) is 0 Å². The van der Waals surface area contributed by atoms with Gasteiger partial charge >= 0.3 is 5.97 Å². The molecule has 0 radical (unpaired) electrons. The summed E-state index contributed by atoms with van der Waals surface area (Å²) >= 11 is 0. The minimum absolute atomic E-state index is 0.0519. The van der Waals surface area contributed by atoms with E-state index in [0.29, 0.717) is 11.3 Å². The molecule has 0 fully saturated rings. The van der Waals surface area contributed by atoms with E-state index in [2.05, 4.69) is 0 Å². The van der Waals surface area contributed by atoms with E-state index < -0.39 is 0 Å². The molecule has 0 heterocycles. The number of ketones is 1. The lowest BCUT2D eigenvalue weighted by molar-refractivity contribution is -0.140. The number of hydrogen-bond donors (Lipinski definition) is 0. The highest BCUT2D eigenvalue weighted by Gasteiger charge is 2.06. The largest absolute Gasteiger partial charge is 0.497 e. The molecule has 1 aromatic carbocycles. The predicted octanol–water partition coefficient (Wildman–Crippen LogP) is 1.83. The molecule has 4 nitrogen and oxygen atoms in total. The summed E-state index contributed by atoms with van der Waals surface area (Å²) in [6.45, 7) is 1.44. The number of Topliss-reactive ketones (excluding diaryl/α,β-unsaturated/α-hetero) is 1. The van der Waals surface area contributed by atoms with Gasteiger partial charge in [-0.05, 0) is 24.3 Å². The highest BCUT2D eigenvalue weighted by Crippen LogP contribution is 2.12. The van der Waals surface area contributed by atoms with Crippen molar-refractivity contribution in [2.45, 2.75) is 13.3 Å². The molecule has 0 amide bonds. The van der Waals surface area contributed by atoms with Gasteiger partial charge in [0.1, 0.15) is 5.75 Å². The summed E-state index contributed by atoms with van der Waals surface area (Å²) in [5.41, 5.74) is 0.591. The summed E-state index contributed by atoms with van der Waals surface area (Å²) in [5.74, 6) is 0.281. The minimum atomic E-state index is -0.373. The first-order chi connectivity index (χ1) is 7.63. The maximum Gasteiger partial charge on any atom is 0.302 e. The first-order valence-electron chi connectivity index (χ1n) is 4.94. The predicted molar refractivity (Wildman–Crippen MR) is 58.6 cm³/mol. The maximum absolute atomic E-state index is 11.6. The molecule has 0 saturated carbocycles. The van der Waals surface area contributed by atoms with E-state index in [1.807, 2.05) is 0 Å². The van der Waals surface area contributed by atoms with Crippen LogP contribution in [0, 0.1) is 0 Å². The topological polar surface area (TPSA) is 52.6 Å². The Bertz CT molecular complexity index is 367. The van der Waals surface area contributed by atoms with Crippen LogP contribution in [0.1, 0.15) is 23.7 Å². The smallest absolute Gasteiger partial charge is 0.302 e. The molecule has 16 heavy (non-hydrogen) atoms. The molecule has 0 aromatic heterocycles. The van der Waals surface area contributed by atoms with Crippen molar-refractivity contribution in [1.29, 1.82) is 0 Å². The van der Waals surface area contributed by atoms with Crippen LogP contribution in [-0.4, -0.2) is 25.5 Å². The molecule has 4 heteroatoms. The SMILES string of the molecule is COc1ccc(C(=O)CCOC(C)=O)cc1. The van der Waals surface area contributed by atoms with Crippen LogP contribution in [0.2, 0.25) is 0 Å². The molecule has 0 aliphatic carbocycles. The van der Waals surface area contributed by atoms with Crippen molar-refractivity contribution in [2.24, 2.45) is 0 Å². The number of ether oxygens (including phenoxy) is 2. The Morgan fingerprint density at radius 1 is 1.19 bits per heavy atom. The number of methoxy groups -OCH3 is 1. The standard InChI is InChI=1S/C12H14O4/c1-9(13)16-8-7-12(14)10-3-5-11(15-2)6-4-10/h3-6H,7-8H2,1-2H3. The molecule has 0 aliphatic rings. The fraction of sp³-hybridized carbons (Fsp3) is 0.333. The van der Waals surface area contributed by atoms with E-state index in [0.717, 1.165) is 0 Å². The molecule has 0 spiro atoms. The van der Waals surface area contributed by atoms with Crippen LogP contribution in [0.3, 0.4) is 0 Å². The number of carbonyl (C=O) groups is 2. The fourth-order valence-electron chi connectivity index (χ4n) is 1.21. The minimum Gasteiger partial charge on any atom is -0.497 e. The fourth-order valence-corrected chi connectivity index (χ4v) is 1.21. The lowest BCUT2D eigenvalue weighted by atomic mass is 10.1. The van der Waals surface area contributed by atoms with Crippen LogP contribution >= 0.6 is 0 Å². The number of hydrogen-bond acceptors (Lipinski definition) is 4. The van der Waals surface area contributed by atoms with Crippen LogP contribution in [0.25, 0.3) is 0 Å². The van der Waals surface area contributed by atoms with Gasteiger partial charge in [0.2, 0.25) is 0 Å². The first kappa shape index (κ1) is 12.2. The summed E-state index contributed by atoms with van der Waals surface area (Å²) in [4.78, 5) is 22.1. The van der Waals surface area contributed by atoms with Crippen molar-refractivity contribution in [3.8, 4) is 5.75 Å². The quantitative estimate of drug-likeness (QED) is 0.563. The third kappa shape index (κ3) is 3.73. The molecule has 1 aromatic rings. The molecule has 0 saturated heterocycles. The van der Waals surface area contributed by atoms with Gasteiger partial charge in [0, 0.05) is 18.9 Å². The van der Waals surface area contributed by atoms with Crippen molar-refractivity contribution < 1.29 is 19.1 Å². The van der Waals surface area contributed by atoms with Crippen molar-refractivity contribution in [1.82, 2.24) is 0 Å². The zero-order chi connectivity index (χ0) is 12.0. The van der Waals surface area contributed by atoms with Crippen LogP contribution in [0.5, 0.6) is 5.75 Å². The Balaban J connectivity index is 2.49. The van der Waals surface area contributed by atoms with Gasteiger partial charge in [-0.25, -0.2) is 0 Å². The van der Waals surface area contributed by atoms with E-state index in [9.17, 15) is 9.59 Å². The van der Waals surface area contributed by atoms with Gasteiger partial charge in [-0.3, -0.25) is 9.59 Å². The lowest BCUT2D eigenvalue weighted by Crippen LogP contribution is -2.07. The molecular weight excluding hydrogens is 208 g/mol. The van der Waals surface area contributed by atoms with E-state index >= 15 is 0 Å². The summed E-state index contributed by atoms with van der Waals surface area (Å²) in [6, 6.07) is 6.82. The highest BCUT2D eigenvalue weighted by molar-refractivity contribution is 5.96. The van der Waals surface area contributed by atoms with Gasteiger partial charge in [0.15, 0.2) is 5.78 Å². The molecule has 86 valence electrons. The van der Waals surface area contributed by atoms with Gasteiger partial charge < -0.3 is 9.47 Å². The second-order valence-corrected chi connectivity index (χ2v) is 3.24. The Morgan fingerprint density at radius 2 is 1.81 bits per heavy atom. The van der Waals surface area contributed by atoms with Crippen LogP contribution in [0.15, 0.2) is 24.3 Å². The normalized spacial score (nSPS) is 9.62. The molecule has 1 rings (SSSR count). The third-order valence-corrected chi connectivity index (χ3v) is 2.05. The Morgan fingerprint density at radius 3 is 2.31 bits per heavy atom. The van der Waals surface area contributed by atoms with Crippen molar-refractivity contribution >= 4 is 11.8 Å². The molecular formula is C12H14O4. The summed E-state index contributed by atoms with van der Waals surface area (Å²) < 4.78 is 9.68. The second-order valence-electron chi connectivity index (χ2n) is 3.24. The average Bonchev–Trinajstić information content (AvgIpc) is 2.28. The summed E-state index contributed by atoms with van der Waals surface area (Å²) in [5, 5.41) is 0. The van der Waals surface area contributed by atoms with Crippen molar-refractivity contribution in [3.05, 3.63) is 29.8 Å². The molecule has 0 bridgehead atoms. The van der Waals surface area contributed by atoms with Gasteiger partial charge in [0.05, 0.1) is 13.7 Å². The third-order valence-electron chi connectivity index (χ3n) is 2.05. The maximum atomic E-state index is 11.6. The van der Waals surface area contributed by atoms with E-state index in [1.54, 1.807) is 31.4 Å². The monoisotopic (exact) mass is 222 g/mol. The van der Waals surface area contributed by atoms with E-state index in [4.69, 9.17) is 9.47 Å². The van der Waals surface area contributed by atoms with E-state index in [1.165, 1.54) is 6.92 Å². The number of benzene rings is 1. The number of esters is 1. The Kier molecular flexibility index (Phi) is 4.51. The lowest BCUT2D eigenvalue weighted by Gasteiger charge is -2.03. The molecule has 0 unspecified atom stereocenters. The van der Waals surface area contributed by atoms with E-state index in [-0.39, 0.29) is 24.8 Å². The highest BCUT2D eigenvalue weighted by atomic mass is 16.5. The van der Waals surface area contributed by atoms with Crippen LogP contribution in [-0.2, 0) is 9.53 Å². The van der Waals surface area contributed by atoms with Crippen LogP contribution in [0.4, 0.5) is 0 Å². The zero-order valence-electron chi connectivity index (χ0n) is 9.36. The first-order valence-corrected chi connectivity index (χ1v) is 4.94. The summed E-state index contributed by atoms with van der Waals surface area (Å²) in [6.07, 6.45) is 0.200. The van der Waals surface area contributed by atoms with Crippen molar-refractivity contribution in [2.75, 3.05) is 13.7 Å². The number of rotatable bonds is 5. The summed E-state index contributed by atoms with van der Waals surface area (Å²) in [7, 11) is 1.57. The van der Waals surface area contributed by atoms with Crippen LogP contribution < -0.4 is 4.74 Å². The van der Waals surface area contributed by atoms with Gasteiger partial charge in [-0.15, -0.1) is 0 Å². The van der Waals surface area contributed by atoms with Crippen molar-refractivity contribution in [3.63, 3.8) is 0 Å². The average molecular weight is 222 g/mol. The second kappa shape index (κ2) is 5.90. The molecule has 0 atom stereocenters.